The molecule has 4 aromatic rings. The van der Waals surface area contributed by atoms with E-state index in [2.05, 4.69) is 4.99 Å². The van der Waals surface area contributed by atoms with E-state index in [4.69, 9.17) is 31.4 Å². The van der Waals surface area contributed by atoms with E-state index in [0.29, 0.717) is 16.5 Å². The van der Waals surface area contributed by atoms with Crippen molar-refractivity contribution in [2.45, 2.75) is 25.2 Å². The summed E-state index contributed by atoms with van der Waals surface area (Å²) in [6.45, 7) is -0.439. The molecule has 0 aliphatic heterocycles. The smallest absolute Gasteiger partial charge is 0.344 e. The van der Waals surface area contributed by atoms with E-state index in [1.165, 1.54) is 0 Å². The monoisotopic (exact) mass is 568 g/mol. The van der Waals surface area contributed by atoms with Crippen molar-refractivity contribution in [1.82, 2.24) is 0 Å². The molecule has 42 heavy (non-hydrogen) atoms. The van der Waals surface area contributed by atoms with Crippen LogP contribution >= 0.6 is 0 Å². The molecular weight excluding hydrogens is 536 g/mol. The van der Waals surface area contributed by atoms with Gasteiger partial charge in [-0.2, -0.15) is 0 Å². The second kappa shape index (κ2) is 13.9. The standard InChI is InChI=1S/C32H32N4O6/c33-31(34)36-19-18-26(28(37)40-20-22-10-3-1-4-11-22)32(35,29(38)41-21-23-12-5-2-6-13-23)30(39)42-27-17-9-15-24-14-7-8-16-25(24)27/h1-17,26H,18-21,35H2,(H4,33,34,36)/t26?,32-/m1/s1. The molecule has 0 aliphatic rings. The average molecular weight is 569 g/mol. The first-order chi connectivity index (χ1) is 20.3. The maximum atomic E-state index is 13.9. The molecule has 0 saturated carbocycles. The van der Waals surface area contributed by atoms with Gasteiger partial charge in [-0.1, -0.05) is 97.1 Å². The van der Waals surface area contributed by atoms with Crippen molar-refractivity contribution in [3.8, 4) is 5.75 Å². The van der Waals surface area contributed by atoms with E-state index >= 15 is 0 Å². The van der Waals surface area contributed by atoms with Gasteiger partial charge in [-0.05, 0) is 29.0 Å². The van der Waals surface area contributed by atoms with E-state index < -0.39 is 29.4 Å². The molecule has 0 heterocycles. The number of ether oxygens (including phenoxy) is 3. The van der Waals surface area contributed by atoms with Crippen molar-refractivity contribution < 1.29 is 28.6 Å². The molecule has 4 rings (SSSR count). The van der Waals surface area contributed by atoms with Crippen molar-refractivity contribution >= 4 is 34.6 Å². The minimum atomic E-state index is -2.61. The number of nitrogens with two attached hydrogens (primary N) is 3. The van der Waals surface area contributed by atoms with Crippen molar-refractivity contribution in [3.05, 3.63) is 114 Å². The zero-order valence-corrected chi connectivity index (χ0v) is 22.8. The maximum absolute atomic E-state index is 13.9. The van der Waals surface area contributed by atoms with Gasteiger partial charge in [0.2, 0.25) is 5.54 Å². The third-order valence-electron chi connectivity index (χ3n) is 6.61. The number of carbonyl (C=O) groups is 3. The number of fused-ring (bicyclic) bond motifs is 1. The van der Waals surface area contributed by atoms with Gasteiger partial charge in [0.05, 0.1) is 5.92 Å². The number of rotatable bonds is 12. The van der Waals surface area contributed by atoms with Gasteiger partial charge in [0.15, 0.2) is 5.96 Å². The predicted octanol–water partition coefficient (Wildman–Crippen LogP) is 3.21. The van der Waals surface area contributed by atoms with Crippen molar-refractivity contribution in [2.75, 3.05) is 6.54 Å². The summed E-state index contributed by atoms with van der Waals surface area (Å²) in [5.74, 6) is -4.91. The van der Waals surface area contributed by atoms with E-state index in [0.717, 1.165) is 5.39 Å². The normalized spacial score (nSPS) is 12.9. The Morgan fingerprint density at radius 1 is 0.714 bits per heavy atom. The molecule has 0 amide bonds. The first-order valence-corrected chi connectivity index (χ1v) is 13.2. The fourth-order valence-corrected chi connectivity index (χ4v) is 4.36. The fraction of sp³-hybridized carbons (Fsp3) is 0.188. The van der Waals surface area contributed by atoms with E-state index in [-0.39, 0.29) is 37.9 Å². The quantitative estimate of drug-likeness (QED) is 0.0763. The number of hydrogen-bond acceptors (Lipinski definition) is 8. The first kappa shape index (κ1) is 29.8. The van der Waals surface area contributed by atoms with Gasteiger partial charge in [-0.15, -0.1) is 0 Å². The molecular formula is C32H32N4O6. The van der Waals surface area contributed by atoms with Crippen LogP contribution in [0.25, 0.3) is 10.8 Å². The highest BCUT2D eigenvalue weighted by molar-refractivity contribution is 6.09. The number of aliphatic imine (C=N–C) groups is 1. The van der Waals surface area contributed by atoms with Crippen molar-refractivity contribution in [1.29, 1.82) is 0 Å². The van der Waals surface area contributed by atoms with E-state index in [1.807, 2.05) is 30.3 Å². The van der Waals surface area contributed by atoms with Gasteiger partial charge < -0.3 is 31.4 Å². The van der Waals surface area contributed by atoms with Crippen molar-refractivity contribution in [3.63, 3.8) is 0 Å². The van der Waals surface area contributed by atoms with Crippen molar-refractivity contribution in [2.24, 2.45) is 28.1 Å². The van der Waals surface area contributed by atoms with Gasteiger partial charge in [0.1, 0.15) is 19.0 Å². The lowest BCUT2D eigenvalue weighted by atomic mass is 9.82. The maximum Gasteiger partial charge on any atom is 0.344 e. The Bertz CT molecular complexity index is 1550. The lowest BCUT2D eigenvalue weighted by molar-refractivity contribution is -0.172. The van der Waals surface area contributed by atoms with Crippen LogP contribution < -0.4 is 21.9 Å². The molecule has 6 N–H and O–H groups in total. The number of nitrogens with zero attached hydrogens (tertiary/aromatic N) is 1. The Morgan fingerprint density at radius 2 is 1.29 bits per heavy atom. The van der Waals surface area contributed by atoms with Gasteiger partial charge in [-0.3, -0.25) is 9.79 Å². The average Bonchev–Trinajstić information content (AvgIpc) is 3.01. The predicted molar refractivity (Wildman–Crippen MR) is 158 cm³/mol. The summed E-state index contributed by atoms with van der Waals surface area (Å²) >= 11 is 0. The van der Waals surface area contributed by atoms with Crippen LogP contribution in [-0.2, 0) is 37.1 Å². The van der Waals surface area contributed by atoms with Crippen LogP contribution in [0.15, 0.2) is 108 Å². The Labute approximate surface area is 243 Å². The molecule has 1 unspecified atom stereocenters. The lowest BCUT2D eigenvalue weighted by Crippen LogP contribution is -2.64. The molecule has 0 aromatic heterocycles. The van der Waals surface area contributed by atoms with E-state index in [1.54, 1.807) is 72.8 Å². The highest BCUT2D eigenvalue weighted by Crippen LogP contribution is 2.30. The fourth-order valence-electron chi connectivity index (χ4n) is 4.36. The molecule has 0 bridgehead atoms. The lowest BCUT2D eigenvalue weighted by Gasteiger charge is -2.31. The SMILES string of the molecule is NC(N)=NCCC(C(=O)OCc1ccccc1)[C@@](N)(C(=O)OCc1ccccc1)C(=O)Oc1cccc2ccccc12. The van der Waals surface area contributed by atoms with Gasteiger partial charge in [0, 0.05) is 11.9 Å². The molecule has 2 atom stereocenters. The zero-order valence-electron chi connectivity index (χ0n) is 22.8. The zero-order chi connectivity index (χ0) is 30.0. The molecule has 10 nitrogen and oxygen atoms in total. The van der Waals surface area contributed by atoms with Crippen LogP contribution in [0.5, 0.6) is 5.75 Å². The van der Waals surface area contributed by atoms with Gasteiger partial charge in [0.25, 0.3) is 0 Å². The Hall–Kier alpha value is -5.22. The third kappa shape index (κ3) is 7.29. The second-order valence-corrected chi connectivity index (χ2v) is 9.54. The molecule has 0 fully saturated rings. The van der Waals surface area contributed by atoms with Crippen LogP contribution in [0.3, 0.4) is 0 Å². The van der Waals surface area contributed by atoms with Crippen LogP contribution in [0.2, 0.25) is 0 Å². The highest BCUT2D eigenvalue weighted by atomic mass is 16.6. The number of carbonyl (C=O) groups excluding carboxylic acids is 3. The highest BCUT2D eigenvalue weighted by Gasteiger charge is 2.56. The minimum absolute atomic E-state index is 0.119. The molecule has 4 aromatic carbocycles. The Balaban J connectivity index is 1.69. The molecule has 0 spiro atoms. The first-order valence-electron chi connectivity index (χ1n) is 13.2. The van der Waals surface area contributed by atoms with Crippen LogP contribution in [0.4, 0.5) is 0 Å². The number of benzene rings is 4. The Kier molecular flexibility index (Phi) is 9.85. The summed E-state index contributed by atoms with van der Waals surface area (Å²) in [5, 5.41) is 1.40. The molecule has 0 saturated heterocycles. The number of hydrogen-bond donors (Lipinski definition) is 3. The van der Waals surface area contributed by atoms with Crippen LogP contribution in [0, 0.1) is 5.92 Å². The summed E-state index contributed by atoms with van der Waals surface area (Å²) in [7, 11) is 0. The summed E-state index contributed by atoms with van der Waals surface area (Å²) in [6.07, 6.45) is -0.215. The summed E-state index contributed by atoms with van der Waals surface area (Å²) in [6, 6.07) is 30.1. The summed E-state index contributed by atoms with van der Waals surface area (Å²) < 4.78 is 16.8. The van der Waals surface area contributed by atoms with Crippen LogP contribution in [0.1, 0.15) is 17.5 Å². The van der Waals surface area contributed by atoms with E-state index in [9.17, 15) is 14.4 Å². The molecule has 216 valence electrons. The summed E-state index contributed by atoms with van der Waals surface area (Å²) in [5.41, 5.74) is 16.3. The molecule has 0 radical (unpaired) electrons. The number of esters is 3. The molecule has 0 aliphatic carbocycles. The molecule has 10 heteroatoms. The third-order valence-corrected chi connectivity index (χ3v) is 6.61. The number of guanidine groups is 1. The topological polar surface area (TPSA) is 169 Å². The second-order valence-electron chi connectivity index (χ2n) is 9.54. The summed E-state index contributed by atoms with van der Waals surface area (Å²) in [4.78, 5) is 45.1. The van der Waals surface area contributed by atoms with Crippen LogP contribution in [-0.4, -0.2) is 36.0 Å². The Morgan fingerprint density at radius 3 is 1.93 bits per heavy atom. The van der Waals surface area contributed by atoms with Gasteiger partial charge >= 0.3 is 17.9 Å². The van der Waals surface area contributed by atoms with Gasteiger partial charge in [-0.25, -0.2) is 9.59 Å². The largest absolute Gasteiger partial charge is 0.461 e. The minimum Gasteiger partial charge on any atom is -0.461 e.